The van der Waals surface area contributed by atoms with Crippen molar-refractivity contribution in [1.82, 2.24) is 0 Å². The molecule has 0 aromatic heterocycles. The molecule has 226 valence electrons. The van der Waals surface area contributed by atoms with Crippen molar-refractivity contribution in [2.24, 2.45) is 23.5 Å². The summed E-state index contributed by atoms with van der Waals surface area (Å²) in [7, 11) is 1.59. The maximum atomic E-state index is 13.8. The first-order valence-electron chi connectivity index (χ1n) is 15.1. The van der Waals surface area contributed by atoms with Crippen molar-refractivity contribution < 1.29 is 39.5 Å². The van der Waals surface area contributed by atoms with Crippen molar-refractivity contribution in [3.8, 4) is 22.6 Å². The summed E-state index contributed by atoms with van der Waals surface area (Å²) in [6, 6.07) is 9.30. The van der Waals surface area contributed by atoms with Gasteiger partial charge >= 0.3 is 0 Å². The van der Waals surface area contributed by atoms with Crippen LogP contribution in [0.25, 0.3) is 16.9 Å². The van der Waals surface area contributed by atoms with E-state index in [9.17, 15) is 34.8 Å². The van der Waals surface area contributed by atoms with Crippen LogP contribution in [0.5, 0.6) is 11.5 Å². The molecule has 4 aliphatic rings. The van der Waals surface area contributed by atoms with Crippen LogP contribution in [0.4, 0.5) is 0 Å². The Morgan fingerprint density at radius 3 is 2.47 bits per heavy atom. The van der Waals surface area contributed by atoms with Crippen LogP contribution in [0.1, 0.15) is 68.1 Å². The number of fused-ring (bicyclic) bond motifs is 3. The number of aliphatic hydroxyl groups is 3. The van der Waals surface area contributed by atoms with Crippen molar-refractivity contribution in [2.45, 2.75) is 69.8 Å². The molecule has 3 atom stereocenters. The molecular weight excluding hydrogens is 550 g/mol. The van der Waals surface area contributed by atoms with Gasteiger partial charge in [-0.25, -0.2) is 0 Å². The van der Waals surface area contributed by atoms with Gasteiger partial charge in [0.25, 0.3) is 5.91 Å². The van der Waals surface area contributed by atoms with Crippen molar-refractivity contribution in [3.63, 3.8) is 0 Å². The fraction of sp³-hybridized carbons (Fsp3) is 0.441. The highest BCUT2D eigenvalue weighted by molar-refractivity contribution is 6.22. The third-order valence-corrected chi connectivity index (χ3v) is 10.1. The van der Waals surface area contributed by atoms with Crippen LogP contribution in [0, 0.1) is 17.8 Å². The first-order valence-corrected chi connectivity index (χ1v) is 15.1. The topological polar surface area (TPSA) is 167 Å². The highest BCUT2D eigenvalue weighted by Gasteiger charge is 2.60. The number of aliphatic hydroxyl groups excluding tert-OH is 2. The third kappa shape index (κ3) is 4.61. The summed E-state index contributed by atoms with van der Waals surface area (Å²) in [5, 5.41) is 44.7. The fourth-order valence-corrected chi connectivity index (χ4v) is 7.84. The molecule has 0 aliphatic heterocycles. The lowest BCUT2D eigenvalue weighted by molar-refractivity contribution is -0.147. The molecule has 2 aromatic carbocycles. The lowest BCUT2D eigenvalue weighted by atomic mass is 9.59. The molecule has 6 rings (SSSR count). The molecule has 2 aromatic rings. The van der Waals surface area contributed by atoms with E-state index in [0.717, 1.165) is 35.4 Å². The molecule has 43 heavy (non-hydrogen) atoms. The summed E-state index contributed by atoms with van der Waals surface area (Å²) in [5.41, 5.74) is 5.11. The number of ether oxygens (including phenoxy) is 1. The Bertz CT molecular complexity index is 1600. The lowest BCUT2D eigenvalue weighted by Crippen LogP contribution is -2.58. The number of hydrogen-bond acceptors (Lipinski definition) is 8. The van der Waals surface area contributed by atoms with Crippen molar-refractivity contribution in [2.75, 3.05) is 7.11 Å². The van der Waals surface area contributed by atoms with Crippen molar-refractivity contribution in [3.05, 3.63) is 63.9 Å². The van der Waals surface area contributed by atoms with Gasteiger partial charge < -0.3 is 30.9 Å². The maximum Gasteiger partial charge on any atom is 0.255 e. The molecule has 4 aliphatic carbocycles. The Labute approximate surface area is 249 Å². The molecule has 2 saturated carbocycles. The largest absolute Gasteiger partial charge is 0.508 e. The van der Waals surface area contributed by atoms with Gasteiger partial charge in [0.1, 0.15) is 28.6 Å². The minimum atomic E-state index is -2.58. The molecule has 1 amide bonds. The number of carbonyl (C=O) groups is 3. The normalized spacial score (nSPS) is 25.7. The van der Waals surface area contributed by atoms with E-state index in [1.54, 1.807) is 13.2 Å². The Kier molecular flexibility index (Phi) is 7.32. The van der Waals surface area contributed by atoms with Gasteiger partial charge in [-0.15, -0.1) is 0 Å². The first-order chi connectivity index (χ1) is 20.6. The van der Waals surface area contributed by atoms with Crippen LogP contribution in [-0.4, -0.2) is 50.6 Å². The number of carbonyl (C=O) groups excluding carboxylic acids is 3. The molecule has 2 fully saturated rings. The number of primary amides is 1. The van der Waals surface area contributed by atoms with E-state index in [4.69, 9.17) is 10.5 Å². The van der Waals surface area contributed by atoms with Crippen LogP contribution >= 0.6 is 0 Å². The molecule has 6 N–H and O–H groups in total. The zero-order valence-corrected chi connectivity index (χ0v) is 24.2. The van der Waals surface area contributed by atoms with E-state index in [-0.39, 0.29) is 36.1 Å². The number of rotatable bonds is 6. The number of phenols is 1. The number of Topliss-reactive ketones (excluding diaryl/α,β-unsaturated/α-hetero) is 2. The number of benzene rings is 2. The smallest absolute Gasteiger partial charge is 0.255 e. The average molecular weight is 588 g/mol. The second-order valence-electron chi connectivity index (χ2n) is 12.5. The molecule has 9 nitrogen and oxygen atoms in total. The van der Waals surface area contributed by atoms with Crippen LogP contribution in [0.15, 0.2) is 47.2 Å². The van der Waals surface area contributed by atoms with E-state index in [2.05, 4.69) is 12.1 Å². The summed E-state index contributed by atoms with van der Waals surface area (Å²) < 4.78 is 5.73. The number of methoxy groups -OCH3 is 1. The fourth-order valence-electron chi connectivity index (χ4n) is 7.84. The average Bonchev–Trinajstić information content (AvgIpc) is 2.98. The van der Waals surface area contributed by atoms with Crippen LogP contribution in [0.2, 0.25) is 0 Å². The summed E-state index contributed by atoms with van der Waals surface area (Å²) >= 11 is 0. The van der Waals surface area contributed by atoms with Gasteiger partial charge in [0.2, 0.25) is 5.78 Å². The first kappa shape index (κ1) is 29.0. The molecule has 0 spiro atoms. The highest BCUT2D eigenvalue weighted by atomic mass is 16.5. The van der Waals surface area contributed by atoms with E-state index in [1.807, 2.05) is 6.07 Å². The Hall–Kier alpha value is -4.11. The van der Waals surface area contributed by atoms with Gasteiger partial charge in [-0.3, -0.25) is 14.4 Å². The van der Waals surface area contributed by atoms with E-state index >= 15 is 0 Å². The molecule has 0 saturated heterocycles. The number of amides is 1. The van der Waals surface area contributed by atoms with Crippen LogP contribution in [-0.2, 0) is 27.2 Å². The molecule has 0 bridgehead atoms. The molecule has 0 radical (unpaired) electrons. The predicted octanol–water partition coefficient (Wildman–Crippen LogP) is 4.61. The molecular formula is C34H37NO8. The number of aryl methyl sites for hydroxylation is 1. The Balaban J connectivity index is 1.43. The summed E-state index contributed by atoms with van der Waals surface area (Å²) in [6.07, 6.45) is 8.41. The van der Waals surface area contributed by atoms with Gasteiger partial charge in [-0.1, -0.05) is 44.2 Å². The van der Waals surface area contributed by atoms with Gasteiger partial charge in [0.05, 0.1) is 12.7 Å². The Morgan fingerprint density at radius 2 is 1.77 bits per heavy atom. The maximum absolute atomic E-state index is 13.8. The van der Waals surface area contributed by atoms with E-state index in [0.29, 0.717) is 11.3 Å². The quantitative estimate of drug-likeness (QED) is 0.305. The lowest BCUT2D eigenvalue weighted by Gasteiger charge is -2.46. The second-order valence-corrected chi connectivity index (χ2v) is 12.5. The summed E-state index contributed by atoms with van der Waals surface area (Å²) in [6.45, 7) is 0. The van der Waals surface area contributed by atoms with Crippen LogP contribution in [0.3, 0.4) is 0 Å². The standard InChI is InChI=1S/C34H37NO8/c1-43-26-12-9-18(8-7-17-5-3-2-4-6-17)13-22(26)21-10-11-24(36)28-23(21)15-19-14-20-16-25(37)29(33(35)41)32(40)34(20,42)31(39)27(19)30(28)38/h9-13,17,19-20,36,38,40,42H,2-8,14-16H2,1H3,(H2,35,41)/t19-,20+,34+/m1/s1. The van der Waals surface area contributed by atoms with E-state index in [1.165, 1.54) is 38.2 Å². The van der Waals surface area contributed by atoms with E-state index < -0.39 is 52.0 Å². The number of nitrogens with two attached hydrogens (primary N) is 1. The monoisotopic (exact) mass is 587 g/mol. The number of ketones is 2. The van der Waals surface area contributed by atoms with Gasteiger partial charge in [0, 0.05) is 23.5 Å². The summed E-state index contributed by atoms with van der Waals surface area (Å²) in [4.78, 5) is 38.4. The Morgan fingerprint density at radius 1 is 1.02 bits per heavy atom. The second kappa shape index (κ2) is 10.9. The zero-order chi connectivity index (χ0) is 30.6. The third-order valence-electron chi connectivity index (χ3n) is 10.1. The van der Waals surface area contributed by atoms with Crippen molar-refractivity contribution in [1.29, 1.82) is 0 Å². The molecule has 9 heteroatoms. The minimum Gasteiger partial charge on any atom is -0.508 e. The molecule has 0 unspecified atom stereocenters. The molecule has 0 heterocycles. The predicted molar refractivity (Wildman–Crippen MR) is 158 cm³/mol. The van der Waals surface area contributed by atoms with Crippen LogP contribution < -0.4 is 10.5 Å². The summed E-state index contributed by atoms with van der Waals surface area (Å²) in [5.74, 6) is -5.08. The van der Waals surface area contributed by atoms with Gasteiger partial charge in [0.15, 0.2) is 11.4 Å². The van der Waals surface area contributed by atoms with Gasteiger partial charge in [-0.05, 0) is 72.4 Å². The number of phenolic OH excluding ortho intramolecular Hbond substituents is 1. The SMILES string of the molecule is COc1ccc(CCC2CCCCC2)cc1-c1ccc(O)c2c1C[C@H]1C[C@H]3CC(=O)C(C(N)=O)=C(O)[C@@]3(O)C(=O)C1=C2O. The highest BCUT2D eigenvalue weighted by Crippen LogP contribution is 2.53. The number of aromatic hydroxyl groups is 1. The van der Waals surface area contributed by atoms with Gasteiger partial charge in [-0.2, -0.15) is 0 Å². The van der Waals surface area contributed by atoms with Crippen molar-refractivity contribution >= 4 is 23.2 Å². The zero-order valence-electron chi connectivity index (χ0n) is 24.2. The minimum absolute atomic E-state index is 0.0688. The number of hydrogen-bond donors (Lipinski definition) is 5.